The molecule has 0 saturated carbocycles. The van der Waals surface area contributed by atoms with Gasteiger partial charge in [-0.3, -0.25) is 4.79 Å². The van der Waals surface area contributed by atoms with Crippen molar-refractivity contribution in [2.45, 2.75) is 31.2 Å². The Morgan fingerprint density at radius 1 is 1.69 bits per heavy atom. The van der Waals surface area contributed by atoms with Gasteiger partial charge in [-0.1, -0.05) is 11.9 Å². The highest BCUT2D eigenvalue weighted by atomic mass is 32.2. The molecule has 3 nitrogen and oxygen atoms in total. The van der Waals surface area contributed by atoms with E-state index < -0.39 is 10.9 Å². The quantitative estimate of drug-likeness (QED) is 0.699. The first kappa shape index (κ1) is 10.8. The molecule has 0 unspecified atom stereocenters. The molecule has 1 fully saturated rings. The van der Waals surface area contributed by atoms with Crippen molar-refractivity contribution in [1.82, 2.24) is 4.31 Å². The minimum atomic E-state index is -0.754. The van der Waals surface area contributed by atoms with Gasteiger partial charge >= 0.3 is 0 Å². The molecule has 1 atom stereocenters. The average molecular weight is 206 g/mol. The smallest absolute Gasteiger partial charge is 0.234 e. The zero-order valence-corrected chi connectivity index (χ0v) is 8.73. The lowest BCUT2D eigenvalue weighted by Gasteiger charge is -2.25. The number of nitrogens with zero attached hydrogens (tertiary/aromatic N) is 1. The van der Waals surface area contributed by atoms with Gasteiger partial charge in [-0.05, 0) is 20.3 Å². The fourth-order valence-corrected chi connectivity index (χ4v) is 2.31. The molecule has 1 amide bonds. The van der Waals surface area contributed by atoms with E-state index in [0.717, 1.165) is 0 Å². The van der Waals surface area contributed by atoms with Gasteiger partial charge in [0, 0.05) is 13.1 Å². The maximum atomic E-state index is 12.8. The summed E-state index contributed by atoms with van der Waals surface area (Å²) >= 11 is 1.34. The van der Waals surface area contributed by atoms with E-state index in [4.69, 9.17) is 5.73 Å². The van der Waals surface area contributed by atoms with Crippen LogP contribution < -0.4 is 5.73 Å². The number of alkyl halides is 1. The number of hydrogen-bond acceptors (Lipinski definition) is 3. The van der Waals surface area contributed by atoms with Gasteiger partial charge in [0.15, 0.2) is 0 Å². The minimum absolute atomic E-state index is 0.361. The summed E-state index contributed by atoms with van der Waals surface area (Å²) in [7, 11) is 0. The molecule has 0 spiro atoms. The lowest BCUT2D eigenvalue weighted by atomic mass is 10.2. The van der Waals surface area contributed by atoms with Crippen molar-refractivity contribution in [2.24, 2.45) is 5.73 Å². The van der Waals surface area contributed by atoms with E-state index in [1.165, 1.54) is 11.9 Å². The SMILES string of the molecule is CC(C)(SN1CC[C@@H](F)C1)C(N)=O. The second-order valence-corrected chi connectivity index (χ2v) is 5.46. The second kappa shape index (κ2) is 3.84. The first-order chi connectivity index (χ1) is 5.92. The fourth-order valence-electron chi connectivity index (χ4n) is 1.14. The lowest BCUT2D eigenvalue weighted by Crippen LogP contribution is -2.38. The Labute approximate surface area is 82.0 Å². The highest BCUT2D eigenvalue weighted by Crippen LogP contribution is 2.31. The van der Waals surface area contributed by atoms with Crippen molar-refractivity contribution in [2.75, 3.05) is 13.1 Å². The van der Waals surface area contributed by atoms with Gasteiger partial charge in [-0.2, -0.15) is 0 Å². The molecule has 0 radical (unpaired) electrons. The third-order valence-electron chi connectivity index (χ3n) is 2.04. The minimum Gasteiger partial charge on any atom is -0.368 e. The van der Waals surface area contributed by atoms with Crippen LogP contribution in [0, 0.1) is 0 Å². The second-order valence-electron chi connectivity index (χ2n) is 3.74. The molecule has 0 bridgehead atoms. The summed E-state index contributed by atoms with van der Waals surface area (Å²) in [6, 6.07) is 0. The topological polar surface area (TPSA) is 46.3 Å². The van der Waals surface area contributed by atoms with E-state index in [-0.39, 0.29) is 5.91 Å². The molecule has 76 valence electrons. The third-order valence-corrected chi connectivity index (χ3v) is 3.29. The van der Waals surface area contributed by atoms with Gasteiger partial charge in [0.05, 0.1) is 0 Å². The molecule has 2 N–H and O–H groups in total. The molecule has 1 aliphatic heterocycles. The molecular formula is C8H15FN2OS. The number of amides is 1. The van der Waals surface area contributed by atoms with Crippen molar-refractivity contribution < 1.29 is 9.18 Å². The first-order valence-electron chi connectivity index (χ1n) is 4.30. The van der Waals surface area contributed by atoms with Gasteiger partial charge in [0.2, 0.25) is 5.91 Å². The number of hydrogen-bond donors (Lipinski definition) is 1. The highest BCUT2D eigenvalue weighted by molar-refractivity contribution is 7.99. The van der Waals surface area contributed by atoms with Crippen LogP contribution in [0.3, 0.4) is 0 Å². The van der Waals surface area contributed by atoms with E-state index >= 15 is 0 Å². The van der Waals surface area contributed by atoms with Gasteiger partial charge in [0.25, 0.3) is 0 Å². The predicted octanol–water partition coefficient (Wildman–Crippen LogP) is 0.942. The van der Waals surface area contributed by atoms with E-state index in [2.05, 4.69) is 0 Å². The zero-order chi connectivity index (χ0) is 10.1. The fraction of sp³-hybridized carbons (Fsp3) is 0.875. The van der Waals surface area contributed by atoms with Crippen LogP contribution in [0.5, 0.6) is 0 Å². The first-order valence-corrected chi connectivity index (χ1v) is 5.07. The van der Waals surface area contributed by atoms with Crippen LogP contribution in [0.15, 0.2) is 0 Å². The number of carbonyl (C=O) groups excluding carboxylic acids is 1. The molecular weight excluding hydrogens is 191 g/mol. The molecule has 5 heteroatoms. The Morgan fingerprint density at radius 2 is 2.31 bits per heavy atom. The van der Waals surface area contributed by atoms with Crippen molar-refractivity contribution in [1.29, 1.82) is 0 Å². The van der Waals surface area contributed by atoms with E-state index in [9.17, 15) is 9.18 Å². The van der Waals surface area contributed by atoms with Crippen LogP contribution in [0.4, 0.5) is 4.39 Å². The van der Waals surface area contributed by atoms with Crippen LogP contribution in [0.1, 0.15) is 20.3 Å². The van der Waals surface area contributed by atoms with Gasteiger partial charge in [-0.25, -0.2) is 8.70 Å². The highest BCUT2D eigenvalue weighted by Gasteiger charge is 2.32. The summed E-state index contributed by atoms with van der Waals surface area (Å²) in [4.78, 5) is 11.0. The van der Waals surface area contributed by atoms with Crippen molar-refractivity contribution in [3.05, 3.63) is 0 Å². The molecule has 0 aromatic rings. The van der Waals surface area contributed by atoms with Gasteiger partial charge in [0.1, 0.15) is 10.9 Å². The molecule has 0 aliphatic carbocycles. The number of rotatable bonds is 3. The average Bonchev–Trinajstić information content (AvgIpc) is 2.34. The van der Waals surface area contributed by atoms with Crippen molar-refractivity contribution >= 4 is 17.9 Å². The zero-order valence-electron chi connectivity index (χ0n) is 7.92. The van der Waals surface area contributed by atoms with Crippen LogP contribution in [0.2, 0.25) is 0 Å². The number of halogens is 1. The summed E-state index contributed by atoms with van der Waals surface area (Å²) < 4.78 is 14.0. The Kier molecular flexibility index (Phi) is 3.18. The Morgan fingerprint density at radius 3 is 2.69 bits per heavy atom. The molecule has 1 rings (SSSR count). The summed E-state index contributed by atoms with van der Waals surface area (Å²) in [5.41, 5.74) is 5.20. The maximum Gasteiger partial charge on any atom is 0.234 e. The van der Waals surface area contributed by atoms with Crippen LogP contribution in [-0.4, -0.2) is 34.2 Å². The standard InChI is InChI=1S/C8H15FN2OS/c1-8(2,7(10)12)13-11-4-3-6(9)5-11/h6H,3-5H2,1-2H3,(H2,10,12)/t6-/m1/s1. The lowest BCUT2D eigenvalue weighted by molar-refractivity contribution is -0.119. The summed E-state index contributed by atoms with van der Waals surface area (Å²) in [5, 5.41) is 0. The normalized spacial score (nSPS) is 25.0. The predicted molar refractivity (Wildman–Crippen MR) is 52.0 cm³/mol. The molecule has 1 heterocycles. The number of carbonyl (C=O) groups is 1. The molecule has 0 aromatic heterocycles. The maximum absolute atomic E-state index is 12.8. The molecule has 1 aliphatic rings. The number of nitrogens with two attached hydrogens (primary N) is 1. The number of primary amides is 1. The Hall–Kier alpha value is -0.290. The van der Waals surface area contributed by atoms with Crippen LogP contribution >= 0.6 is 11.9 Å². The van der Waals surface area contributed by atoms with Gasteiger partial charge in [-0.15, -0.1) is 0 Å². The molecule has 0 aromatic carbocycles. The van der Waals surface area contributed by atoms with E-state index in [1.807, 2.05) is 4.31 Å². The van der Waals surface area contributed by atoms with E-state index in [0.29, 0.717) is 19.5 Å². The Bertz CT molecular complexity index is 210. The van der Waals surface area contributed by atoms with Crippen LogP contribution in [-0.2, 0) is 4.79 Å². The van der Waals surface area contributed by atoms with Crippen molar-refractivity contribution in [3.8, 4) is 0 Å². The van der Waals surface area contributed by atoms with E-state index in [1.54, 1.807) is 13.8 Å². The molecule has 13 heavy (non-hydrogen) atoms. The summed E-state index contributed by atoms with van der Waals surface area (Å²) in [6.45, 7) is 4.61. The summed E-state index contributed by atoms with van der Waals surface area (Å²) in [5.74, 6) is -0.361. The monoisotopic (exact) mass is 206 g/mol. The Balaban J connectivity index is 2.44. The molecule has 1 saturated heterocycles. The van der Waals surface area contributed by atoms with Crippen LogP contribution in [0.25, 0.3) is 0 Å². The van der Waals surface area contributed by atoms with Crippen molar-refractivity contribution in [3.63, 3.8) is 0 Å². The summed E-state index contributed by atoms with van der Waals surface area (Å²) in [6.07, 6.45) is -0.196. The van der Waals surface area contributed by atoms with Gasteiger partial charge < -0.3 is 5.73 Å². The largest absolute Gasteiger partial charge is 0.368 e. The third kappa shape index (κ3) is 2.84.